The van der Waals surface area contributed by atoms with Gasteiger partial charge < -0.3 is 5.32 Å². The predicted molar refractivity (Wildman–Crippen MR) is 106 cm³/mol. The van der Waals surface area contributed by atoms with Crippen molar-refractivity contribution in [2.24, 2.45) is 0 Å². The second kappa shape index (κ2) is 7.61. The van der Waals surface area contributed by atoms with Crippen LogP contribution >= 0.6 is 34.5 Å². The minimum absolute atomic E-state index is 0.0135. The van der Waals surface area contributed by atoms with Gasteiger partial charge in [-0.2, -0.15) is 0 Å². The maximum absolute atomic E-state index is 12.2. The standard InChI is InChI=1S/C18H15Cl2N3O2S/c1-3-21-16(24)15-10(2)22-17(26-15)11-4-6-12(7-5-11)23-9-8-13(19)14(20)18(23)25/h4-9H,3H2,1-2H3,(H,21,24). The van der Waals surface area contributed by atoms with E-state index < -0.39 is 0 Å². The highest BCUT2D eigenvalue weighted by molar-refractivity contribution is 7.17. The maximum Gasteiger partial charge on any atom is 0.275 e. The molecule has 0 radical (unpaired) electrons. The summed E-state index contributed by atoms with van der Waals surface area (Å²) in [5.41, 5.74) is 1.84. The van der Waals surface area contributed by atoms with Gasteiger partial charge >= 0.3 is 0 Å². The number of nitrogens with zero attached hydrogens (tertiary/aromatic N) is 2. The summed E-state index contributed by atoms with van der Waals surface area (Å²) < 4.78 is 1.42. The van der Waals surface area contributed by atoms with Gasteiger partial charge in [0, 0.05) is 24.0 Å². The summed E-state index contributed by atoms with van der Waals surface area (Å²) in [5, 5.41) is 3.74. The molecule has 26 heavy (non-hydrogen) atoms. The van der Waals surface area contributed by atoms with Crippen LogP contribution in [0.5, 0.6) is 0 Å². The maximum atomic E-state index is 12.2. The normalized spacial score (nSPS) is 10.8. The van der Waals surface area contributed by atoms with E-state index in [1.807, 2.05) is 26.0 Å². The molecule has 134 valence electrons. The summed E-state index contributed by atoms with van der Waals surface area (Å²) >= 11 is 13.1. The minimum atomic E-state index is -0.379. The van der Waals surface area contributed by atoms with E-state index in [2.05, 4.69) is 10.3 Å². The fraction of sp³-hybridized carbons (Fsp3) is 0.167. The molecule has 1 aromatic carbocycles. The first kappa shape index (κ1) is 18.6. The van der Waals surface area contributed by atoms with Gasteiger partial charge in [0.25, 0.3) is 11.5 Å². The van der Waals surface area contributed by atoms with Gasteiger partial charge in [-0.25, -0.2) is 4.98 Å². The molecule has 1 amide bonds. The van der Waals surface area contributed by atoms with Crippen LogP contribution < -0.4 is 10.9 Å². The van der Waals surface area contributed by atoms with E-state index in [1.54, 1.807) is 24.4 Å². The van der Waals surface area contributed by atoms with Crippen LogP contribution in [0.2, 0.25) is 10.0 Å². The number of halogens is 2. The van der Waals surface area contributed by atoms with Crippen LogP contribution in [-0.2, 0) is 0 Å². The smallest absolute Gasteiger partial charge is 0.275 e. The van der Waals surface area contributed by atoms with E-state index in [-0.39, 0.29) is 21.5 Å². The zero-order valence-electron chi connectivity index (χ0n) is 14.0. The topological polar surface area (TPSA) is 64.0 Å². The zero-order chi connectivity index (χ0) is 18.8. The summed E-state index contributed by atoms with van der Waals surface area (Å²) in [4.78, 5) is 29.3. The Balaban J connectivity index is 1.94. The van der Waals surface area contributed by atoms with Gasteiger partial charge in [-0.05, 0) is 44.2 Å². The fourth-order valence-corrected chi connectivity index (χ4v) is 3.71. The number of amides is 1. The first-order valence-electron chi connectivity index (χ1n) is 7.85. The molecule has 0 saturated heterocycles. The van der Waals surface area contributed by atoms with Crippen molar-refractivity contribution in [1.82, 2.24) is 14.9 Å². The van der Waals surface area contributed by atoms with Crippen LogP contribution in [0.25, 0.3) is 16.3 Å². The van der Waals surface area contributed by atoms with Crippen LogP contribution in [-0.4, -0.2) is 22.0 Å². The molecule has 3 aromatic rings. The van der Waals surface area contributed by atoms with Crippen molar-refractivity contribution in [3.8, 4) is 16.3 Å². The number of pyridine rings is 1. The number of carbonyl (C=O) groups is 1. The van der Waals surface area contributed by atoms with Gasteiger partial charge in [0.15, 0.2) is 0 Å². The number of hydrogen-bond acceptors (Lipinski definition) is 4. The largest absolute Gasteiger partial charge is 0.352 e. The fourth-order valence-electron chi connectivity index (χ4n) is 2.43. The van der Waals surface area contributed by atoms with Crippen molar-refractivity contribution in [1.29, 1.82) is 0 Å². The summed E-state index contributed by atoms with van der Waals surface area (Å²) in [7, 11) is 0. The van der Waals surface area contributed by atoms with Gasteiger partial charge in [-0.3, -0.25) is 14.2 Å². The van der Waals surface area contributed by atoms with Gasteiger partial charge in [-0.15, -0.1) is 11.3 Å². The quantitative estimate of drug-likeness (QED) is 0.699. The third kappa shape index (κ3) is 3.53. The molecular weight excluding hydrogens is 393 g/mol. The van der Waals surface area contributed by atoms with E-state index in [1.165, 1.54) is 15.9 Å². The lowest BCUT2D eigenvalue weighted by Gasteiger charge is -2.07. The van der Waals surface area contributed by atoms with Crippen molar-refractivity contribution in [2.45, 2.75) is 13.8 Å². The predicted octanol–water partition coefficient (Wildman–Crippen LogP) is 4.33. The van der Waals surface area contributed by atoms with Crippen LogP contribution in [0.15, 0.2) is 41.3 Å². The van der Waals surface area contributed by atoms with E-state index >= 15 is 0 Å². The number of carbonyl (C=O) groups excluding carboxylic acids is 1. The molecule has 2 aromatic heterocycles. The van der Waals surface area contributed by atoms with Crippen LogP contribution in [0.1, 0.15) is 22.3 Å². The molecule has 0 bridgehead atoms. The van der Waals surface area contributed by atoms with Gasteiger partial charge in [-0.1, -0.05) is 23.2 Å². The van der Waals surface area contributed by atoms with E-state index in [4.69, 9.17) is 23.2 Å². The highest BCUT2D eigenvalue weighted by Gasteiger charge is 2.15. The van der Waals surface area contributed by atoms with Gasteiger partial charge in [0.1, 0.15) is 14.9 Å². The van der Waals surface area contributed by atoms with Crippen LogP contribution in [0.3, 0.4) is 0 Å². The third-order valence-corrected chi connectivity index (χ3v) is 5.70. The highest BCUT2D eigenvalue weighted by atomic mass is 35.5. The average Bonchev–Trinajstić information content (AvgIpc) is 3.02. The molecule has 0 spiro atoms. The first-order chi connectivity index (χ1) is 12.4. The van der Waals surface area contributed by atoms with E-state index in [0.29, 0.717) is 22.8 Å². The summed E-state index contributed by atoms with van der Waals surface area (Å²) in [5.74, 6) is -0.118. The number of rotatable bonds is 4. The number of benzene rings is 1. The molecule has 0 aliphatic carbocycles. The SMILES string of the molecule is CCNC(=O)c1sc(-c2ccc(-n3ccc(Cl)c(Cl)c3=O)cc2)nc1C. The molecule has 8 heteroatoms. The Hall–Kier alpha value is -2.15. The van der Waals surface area contributed by atoms with E-state index in [0.717, 1.165) is 10.6 Å². The Kier molecular flexibility index (Phi) is 5.46. The number of thiazole rings is 1. The zero-order valence-corrected chi connectivity index (χ0v) is 16.4. The Bertz CT molecular complexity index is 1030. The number of hydrogen-bond donors (Lipinski definition) is 1. The molecule has 0 fully saturated rings. The van der Waals surface area contributed by atoms with Gasteiger partial charge in [0.05, 0.1) is 10.7 Å². The Morgan fingerprint density at radius 3 is 2.58 bits per heavy atom. The molecule has 0 aliphatic heterocycles. The molecule has 3 rings (SSSR count). The Morgan fingerprint density at radius 1 is 1.23 bits per heavy atom. The summed E-state index contributed by atoms with van der Waals surface area (Å²) in [6, 6.07) is 8.86. The lowest BCUT2D eigenvalue weighted by atomic mass is 10.2. The van der Waals surface area contributed by atoms with Gasteiger partial charge in [0.2, 0.25) is 0 Å². The lowest BCUT2D eigenvalue weighted by Crippen LogP contribution is -2.22. The number of aryl methyl sites for hydroxylation is 1. The summed E-state index contributed by atoms with van der Waals surface area (Å²) in [6.45, 7) is 4.26. The summed E-state index contributed by atoms with van der Waals surface area (Å²) in [6.07, 6.45) is 1.58. The second-order valence-corrected chi connectivity index (χ2v) is 7.28. The number of nitrogens with one attached hydrogen (secondary N) is 1. The van der Waals surface area contributed by atoms with Crippen molar-refractivity contribution >= 4 is 40.4 Å². The molecule has 0 unspecified atom stereocenters. The monoisotopic (exact) mass is 407 g/mol. The molecule has 0 aliphatic rings. The molecule has 5 nitrogen and oxygen atoms in total. The van der Waals surface area contributed by atoms with Crippen molar-refractivity contribution < 1.29 is 4.79 Å². The minimum Gasteiger partial charge on any atom is -0.352 e. The van der Waals surface area contributed by atoms with Crippen LogP contribution in [0.4, 0.5) is 0 Å². The molecule has 2 heterocycles. The Labute approximate surface area is 164 Å². The molecule has 1 N–H and O–H groups in total. The lowest BCUT2D eigenvalue weighted by molar-refractivity contribution is 0.0959. The molecule has 0 saturated carbocycles. The van der Waals surface area contributed by atoms with Crippen molar-refractivity contribution in [3.05, 3.63) is 67.5 Å². The second-order valence-electron chi connectivity index (χ2n) is 5.49. The first-order valence-corrected chi connectivity index (χ1v) is 9.42. The van der Waals surface area contributed by atoms with E-state index in [9.17, 15) is 9.59 Å². The average molecular weight is 408 g/mol. The van der Waals surface area contributed by atoms with Crippen molar-refractivity contribution in [2.75, 3.05) is 6.54 Å². The number of aromatic nitrogens is 2. The molecule has 0 atom stereocenters. The van der Waals surface area contributed by atoms with Crippen LogP contribution in [0, 0.1) is 6.92 Å². The van der Waals surface area contributed by atoms with Crippen molar-refractivity contribution in [3.63, 3.8) is 0 Å². The third-order valence-electron chi connectivity index (χ3n) is 3.72. The highest BCUT2D eigenvalue weighted by Crippen LogP contribution is 2.28. The molecular formula is C18H15Cl2N3O2S. The Morgan fingerprint density at radius 2 is 1.92 bits per heavy atom.